The lowest BCUT2D eigenvalue weighted by molar-refractivity contribution is 0.491. The van der Waals surface area contributed by atoms with E-state index in [0.717, 1.165) is 40.9 Å². The molecule has 0 aliphatic rings. The van der Waals surface area contributed by atoms with Gasteiger partial charge in [-0.3, -0.25) is 4.68 Å². The molecule has 5 heteroatoms. The Kier molecular flexibility index (Phi) is 6.27. The Morgan fingerprint density at radius 3 is 2.86 bits per heavy atom. The van der Waals surface area contributed by atoms with Crippen molar-refractivity contribution in [1.29, 1.82) is 0 Å². The summed E-state index contributed by atoms with van der Waals surface area (Å²) in [5.74, 6) is 0. The molecule has 2 aromatic rings. The number of hydrogen-bond acceptors (Lipinski definition) is 2. The zero-order valence-corrected chi connectivity index (χ0v) is 14.8. The average Bonchev–Trinajstić information content (AvgIpc) is 2.88. The minimum atomic E-state index is 0.254. The quantitative estimate of drug-likeness (QED) is 0.777. The second kappa shape index (κ2) is 7.97. The number of nitrogens with zero attached hydrogens (tertiary/aromatic N) is 2. The molecule has 0 saturated heterocycles. The zero-order chi connectivity index (χ0) is 15.2. The van der Waals surface area contributed by atoms with Crippen LogP contribution < -0.4 is 5.32 Å². The summed E-state index contributed by atoms with van der Waals surface area (Å²) in [5, 5.41) is 8.63. The Bertz CT molecular complexity index is 583. The summed E-state index contributed by atoms with van der Waals surface area (Å²) < 4.78 is 2.88. The van der Waals surface area contributed by atoms with Crippen molar-refractivity contribution in [2.24, 2.45) is 7.05 Å². The van der Waals surface area contributed by atoms with E-state index in [1.165, 1.54) is 5.69 Å². The molecule has 1 unspecified atom stereocenters. The SMILES string of the molecule is CCCNC(CCc1ccnn1C)c1cccc(Br)c1Cl. The molecule has 0 bridgehead atoms. The number of benzene rings is 1. The topological polar surface area (TPSA) is 29.9 Å². The first-order chi connectivity index (χ1) is 10.1. The van der Waals surface area contributed by atoms with Gasteiger partial charge in [0, 0.05) is 29.5 Å². The van der Waals surface area contributed by atoms with E-state index in [9.17, 15) is 0 Å². The summed E-state index contributed by atoms with van der Waals surface area (Å²) in [7, 11) is 1.98. The monoisotopic (exact) mass is 369 g/mol. The summed E-state index contributed by atoms with van der Waals surface area (Å²) >= 11 is 9.96. The van der Waals surface area contributed by atoms with Crippen molar-refractivity contribution >= 4 is 27.5 Å². The maximum atomic E-state index is 6.45. The van der Waals surface area contributed by atoms with Gasteiger partial charge >= 0.3 is 0 Å². The van der Waals surface area contributed by atoms with Crippen molar-refractivity contribution in [3.8, 4) is 0 Å². The van der Waals surface area contributed by atoms with E-state index in [1.54, 1.807) is 0 Å². The van der Waals surface area contributed by atoms with E-state index < -0.39 is 0 Å². The summed E-state index contributed by atoms with van der Waals surface area (Å²) in [5.41, 5.74) is 2.39. The van der Waals surface area contributed by atoms with Crippen LogP contribution in [0.25, 0.3) is 0 Å². The molecule has 1 atom stereocenters. The molecular formula is C16H21BrClN3. The van der Waals surface area contributed by atoms with Crippen LogP contribution in [0.5, 0.6) is 0 Å². The molecule has 0 spiro atoms. The maximum absolute atomic E-state index is 6.45. The highest BCUT2D eigenvalue weighted by molar-refractivity contribution is 9.10. The van der Waals surface area contributed by atoms with Gasteiger partial charge in [0.1, 0.15) is 0 Å². The van der Waals surface area contributed by atoms with Gasteiger partial charge in [0.25, 0.3) is 0 Å². The van der Waals surface area contributed by atoms with Crippen LogP contribution >= 0.6 is 27.5 Å². The van der Waals surface area contributed by atoms with Gasteiger partial charge < -0.3 is 5.32 Å². The Morgan fingerprint density at radius 1 is 1.38 bits per heavy atom. The summed E-state index contributed by atoms with van der Waals surface area (Å²) in [4.78, 5) is 0. The largest absolute Gasteiger partial charge is 0.310 e. The first-order valence-corrected chi connectivity index (χ1v) is 8.44. The van der Waals surface area contributed by atoms with Gasteiger partial charge in [0.2, 0.25) is 0 Å². The molecule has 1 aromatic heterocycles. The van der Waals surface area contributed by atoms with Crippen molar-refractivity contribution in [1.82, 2.24) is 15.1 Å². The maximum Gasteiger partial charge on any atom is 0.0595 e. The smallest absolute Gasteiger partial charge is 0.0595 e. The van der Waals surface area contributed by atoms with Gasteiger partial charge in [0.15, 0.2) is 0 Å². The van der Waals surface area contributed by atoms with E-state index in [2.05, 4.69) is 45.4 Å². The third kappa shape index (κ3) is 4.31. The molecule has 114 valence electrons. The van der Waals surface area contributed by atoms with Crippen LogP contribution in [0.1, 0.15) is 37.1 Å². The van der Waals surface area contributed by atoms with E-state index in [-0.39, 0.29) is 6.04 Å². The fourth-order valence-corrected chi connectivity index (χ4v) is 3.05. The Labute approximate surface area is 139 Å². The van der Waals surface area contributed by atoms with Gasteiger partial charge in [-0.15, -0.1) is 0 Å². The average molecular weight is 371 g/mol. The van der Waals surface area contributed by atoms with Crippen LogP contribution in [-0.4, -0.2) is 16.3 Å². The van der Waals surface area contributed by atoms with Crippen LogP contribution in [0, 0.1) is 0 Å². The summed E-state index contributed by atoms with van der Waals surface area (Å²) in [6, 6.07) is 8.44. The standard InChI is InChI=1S/C16H21BrClN3/c1-3-10-19-15(8-7-12-9-11-20-21(12)2)13-5-4-6-14(17)16(13)18/h4-6,9,11,15,19H,3,7-8,10H2,1-2H3. The van der Waals surface area contributed by atoms with E-state index in [0.29, 0.717) is 0 Å². The second-order valence-corrected chi connectivity index (χ2v) is 6.37. The molecule has 21 heavy (non-hydrogen) atoms. The molecule has 0 amide bonds. The summed E-state index contributed by atoms with van der Waals surface area (Å²) in [6.07, 6.45) is 4.92. The lowest BCUT2D eigenvalue weighted by Gasteiger charge is -2.21. The third-order valence-electron chi connectivity index (χ3n) is 3.61. The van der Waals surface area contributed by atoms with Gasteiger partial charge in [-0.1, -0.05) is 30.7 Å². The molecular weight excluding hydrogens is 350 g/mol. The Balaban J connectivity index is 2.14. The van der Waals surface area contributed by atoms with Gasteiger partial charge in [-0.05, 0) is 59.4 Å². The lowest BCUT2D eigenvalue weighted by Crippen LogP contribution is -2.23. The van der Waals surface area contributed by atoms with Crippen LogP contribution in [0.15, 0.2) is 34.9 Å². The number of nitrogens with one attached hydrogen (secondary N) is 1. The predicted octanol–water partition coefficient (Wildman–Crippen LogP) is 4.51. The van der Waals surface area contributed by atoms with E-state index in [1.807, 2.05) is 30.1 Å². The molecule has 1 aromatic carbocycles. The molecule has 1 N–H and O–H groups in total. The van der Waals surface area contributed by atoms with Crippen LogP contribution in [0.4, 0.5) is 0 Å². The van der Waals surface area contributed by atoms with Crippen molar-refractivity contribution in [3.05, 3.63) is 51.2 Å². The lowest BCUT2D eigenvalue weighted by atomic mass is 10.0. The summed E-state index contributed by atoms with van der Waals surface area (Å²) in [6.45, 7) is 3.16. The number of halogens is 2. The van der Waals surface area contributed by atoms with Gasteiger partial charge in [-0.25, -0.2) is 0 Å². The molecule has 3 nitrogen and oxygen atoms in total. The van der Waals surface area contributed by atoms with E-state index in [4.69, 9.17) is 11.6 Å². The van der Waals surface area contributed by atoms with Crippen molar-refractivity contribution in [3.63, 3.8) is 0 Å². The van der Waals surface area contributed by atoms with Crippen molar-refractivity contribution < 1.29 is 0 Å². The fraction of sp³-hybridized carbons (Fsp3) is 0.438. The first kappa shape index (κ1) is 16.5. The second-order valence-electron chi connectivity index (χ2n) is 5.13. The predicted molar refractivity (Wildman–Crippen MR) is 91.7 cm³/mol. The van der Waals surface area contributed by atoms with Crippen LogP contribution in [0.3, 0.4) is 0 Å². The molecule has 0 aliphatic heterocycles. The van der Waals surface area contributed by atoms with Crippen LogP contribution in [-0.2, 0) is 13.5 Å². The van der Waals surface area contributed by atoms with Gasteiger partial charge in [-0.2, -0.15) is 5.10 Å². The zero-order valence-electron chi connectivity index (χ0n) is 12.4. The normalized spacial score (nSPS) is 12.6. The highest BCUT2D eigenvalue weighted by atomic mass is 79.9. The minimum Gasteiger partial charge on any atom is -0.310 e. The first-order valence-electron chi connectivity index (χ1n) is 7.27. The molecule has 0 aliphatic carbocycles. The molecule has 0 saturated carbocycles. The van der Waals surface area contributed by atoms with Gasteiger partial charge in [0.05, 0.1) is 5.02 Å². The number of aromatic nitrogens is 2. The molecule has 0 radical (unpaired) electrons. The fourth-order valence-electron chi connectivity index (χ4n) is 2.41. The van der Waals surface area contributed by atoms with Crippen LogP contribution in [0.2, 0.25) is 5.02 Å². The molecule has 1 heterocycles. The number of aryl methyl sites for hydroxylation is 2. The third-order valence-corrected chi connectivity index (χ3v) is 4.92. The Hall–Kier alpha value is -0.840. The number of rotatable bonds is 7. The minimum absolute atomic E-state index is 0.254. The Morgan fingerprint density at radius 2 is 2.19 bits per heavy atom. The highest BCUT2D eigenvalue weighted by Gasteiger charge is 2.16. The molecule has 2 rings (SSSR count). The van der Waals surface area contributed by atoms with Crippen molar-refractivity contribution in [2.75, 3.05) is 6.54 Å². The number of hydrogen-bond donors (Lipinski definition) is 1. The highest BCUT2D eigenvalue weighted by Crippen LogP contribution is 2.32. The molecule has 0 fully saturated rings. The van der Waals surface area contributed by atoms with E-state index >= 15 is 0 Å². The van der Waals surface area contributed by atoms with Crippen molar-refractivity contribution in [2.45, 2.75) is 32.2 Å².